The first-order valence-corrected chi connectivity index (χ1v) is 7.56. The average molecular weight is 324 g/mol. The summed E-state index contributed by atoms with van der Waals surface area (Å²) in [4.78, 5) is 25.9. The highest BCUT2D eigenvalue weighted by atomic mass is 35.5. The number of likely N-dealkylation sites (tertiary alicyclic amines) is 1. The maximum absolute atomic E-state index is 12.6. The van der Waals surface area contributed by atoms with E-state index in [2.05, 4.69) is 10.6 Å². The molecule has 2 N–H and O–H groups in total. The summed E-state index contributed by atoms with van der Waals surface area (Å²) >= 11 is 0. The Morgan fingerprint density at radius 2 is 2.18 bits per heavy atom. The third-order valence-electron chi connectivity index (χ3n) is 4.36. The van der Waals surface area contributed by atoms with Gasteiger partial charge in [-0.15, -0.1) is 12.4 Å². The van der Waals surface area contributed by atoms with E-state index in [1.54, 1.807) is 0 Å². The number of amides is 2. The van der Waals surface area contributed by atoms with Crippen LogP contribution in [0.1, 0.15) is 35.2 Å². The van der Waals surface area contributed by atoms with Crippen LogP contribution in [-0.2, 0) is 11.2 Å². The van der Waals surface area contributed by atoms with Crippen LogP contribution in [0, 0.1) is 0 Å². The lowest BCUT2D eigenvalue weighted by atomic mass is 9.99. The van der Waals surface area contributed by atoms with E-state index in [-0.39, 0.29) is 24.2 Å². The average Bonchev–Trinajstić information content (AvgIpc) is 2.53. The zero-order valence-corrected chi connectivity index (χ0v) is 13.5. The molecule has 1 saturated heterocycles. The number of hydrogen-bond donors (Lipinski definition) is 2. The lowest BCUT2D eigenvalue weighted by Crippen LogP contribution is -2.47. The van der Waals surface area contributed by atoms with Gasteiger partial charge < -0.3 is 15.5 Å². The Labute approximate surface area is 136 Å². The van der Waals surface area contributed by atoms with Crippen LogP contribution in [0.25, 0.3) is 0 Å². The van der Waals surface area contributed by atoms with Crippen LogP contribution in [0.15, 0.2) is 18.2 Å². The molecule has 0 aromatic heterocycles. The molecular formula is C16H22ClN3O2. The number of halogens is 1. The van der Waals surface area contributed by atoms with Crippen molar-refractivity contribution >= 4 is 29.9 Å². The van der Waals surface area contributed by atoms with E-state index in [1.807, 2.05) is 30.1 Å². The van der Waals surface area contributed by atoms with Crippen LogP contribution in [0.4, 0.5) is 5.69 Å². The first kappa shape index (κ1) is 16.8. The minimum atomic E-state index is 0. The molecule has 22 heavy (non-hydrogen) atoms. The summed E-state index contributed by atoms with van der Waals surface area (Å²) in [5.41, 5.74) is 2.62. The minimum absolute atomic E-state index is 0. The SMILES string of the molecule is CNC1CCCN(C(=O)c2ccc3c(c2)CCC(=O)N3)C1.Cl. The first-order valence-electron chi connectivity index (χ1n) is 7.56. The van der Waals surface area contributed by atoms with Crippen molar-refractivity contribution in [2.45, 2.75) is 31.7 Å². The highest BCUT2D eigenvalue weighted by Crippen LogP contribution is 2.24. The van der Waals surface area contributed by atoms with Gasteiger partial charge in [-0.2, -0.15) is 0 Å². The van der Waals surface area contributed by atoms with Gasteiger partial charge >= 0.3 is 0 Å². The van der Waals surface area contributed by atoms with Crippen molar-refractivity contribution in [3.8, 4) is 0 Å². The number of benzene rings is 1. The Morgan fingerprint density at radius 3 is 2.95 bits per heavy atom. The van der Waals surface area contributed by atoms with Gasteiger partial charge in [-0.3, -0.25) is 9.59 Å². The maximum atomic E-state index is 12.6. The van der Waals surface area contributed by atoms with Crippen LogP contribution >= 0.6 is 12.4 Å². The second kappa shape index (κ2) is 7.11. The molecule has 1 unspecified atom stereocenters. The minimum Gasteiger partial charge on any atom is -0.337 e. The van der Waals surface area contributed by atoms with Crippen LogP contribution in [-0.4, -0.2) is 42.9 Å². The largest absolute Gasteiger partial charge is 0.337 e. The van der Waals surface area contributed by atoms with Crippen LogP contribution in [0.3, 0.4) is 0 Å². The van der Waals surface area contributed by atoms with Gasteiger partial charge in [0.05, 0.1) is 0 Å². The highest BCUT2D eigenvalue weighted by molar-refractivity contribution is 5.98. The number of nitrogens with zero attached hydrogens (tertiary/aromatic N) is 1. The molecule has 0 spiro atoms. The summed E-state index contributed by atoms with van der Waals surface area (Å²) < 4.78 is 0. The third kappa shape index (κ3) is 3.42. The maximum Gasteiger partial charge on any atom is 0.253 e. The van der Waals surface area contributed by atoms with E-state index in [1.165, 1.54) is 0 Å². The molecule has 2 amide bonds. The standard InChI is InChI=1S/C16H21N3O2.ClH/c1-17-13-3-2-8-19(10-13)16(21)12-4-6-14-11(9-12)5-7-15(20)18-14;/h4,6,9,13,17H,2-3,5,7-8,10H2,1H3,(H,18,20);1H. The number of rotatable bonds is 2. The summed E-state index contributed by atoms with van der Waals surface area (Å²) in [5.74, 6) is 0.143. The van der Waals surface area contributed by atoms with Crippen molar-refractivity contribution in [1.29, 1.82) is 0 Å². The van der Waals surface area contributed by atoms with Crippen molar-refractivity contribution in [2.75, 3.05) is 25.5 Å². The number of hydrogen-bond acceptors (Lipinski definition) is 3. The molecule has 2 heterocycles. The zero-order chi connectivity index (χ0) is 14.8. The van der Waals surface area contributed by atoms with Gasteiger partial charge in [0, 0.05) is 36.8 Å². The quantitative estimate of drug-likeness (QED) is 0.872. The highest BCUT2D eigenvalue weighted by Gasteiger charge is 2.24. The fourth-order valence-corrected chi connectivity index (χ4v) is 3.10. The van der Waals surface area contributed by atoms with Crippen LogP contribution in [0.5, 0.6) is 0 Å². The molecule has 0 radical (unpaired) electrons. The summed E-state index contributed by atoms with van der Waals surface area (Å²) in [6.07, 6.45) is 3.37. The molecule has 1 aromatic carbocycles. The molecular weight excluding hydrogens is 302 g/mol. The van der Waals surface area contributed by atoms with Crippen molar-refractivity contribution < 1.29 is 9.59 Å². The molecule has 1 atom stereocenters. The monoisotopic (exact) mass is 323 g/mol. The molecule has 6 heteroatoms. The Balaban J connectivity index is 0.00000176. The normalized spacial score (nSPS) is 20.7. The third-order valence-corrected chi connectivity index (χ3v) is 4.36. The molecule has 5 nitrogen and oxygen atoms in total. The van der Waals surface area contributed by atoms with Gasteiger partial charge in [0.1, 0.15) is 0 Å². The van der Waals surface area contributed by atoms with E-state index in [9.17, 15) is 9.59 Å². The van der Waals surface area contributed by atoms with E-state index in [4.69, 9.17) is 0 Å². The Bertz CT molecular complexity index is 577. The lowest BCUT2D eigenvalue weighted by molar-refractivity contribution is -0.116. The van der Waals surface area contributed by atoms with Gasteiger partial charge in [0.25, 0.3) is 5.91 Å². The Hall–Kier alpha value is -1.59. The Kier molecular flexibility index (Phi) is 5.42. The van der Waals surface area contributed by atoms with Crippen molar-refractivity contribution in [3.05, 3.63) is 29.3 Å². The van der Waals surface area contributed by atoms with Crippen molar-refractivity contribution in [1.82, 2.24) is 10.2 Å². The number of likely N-dealkylation sites (N-methyl/N-ethyl adjacent to an activating group) is 1. The molecule has 0 saturated carbocycles. The van der Waals surface area contributed by atoms with E-state index < -0.39 is 0 Å². The predicted molar refractivity (Wildman–Crippen MR) is 88.6 cm³/mol. The van der Waals surface area contributed by atoms with Gasteiger partial charge in [-0.1, -0.05) is 0 Å². The van der Waals surface area contributed by atoms with Gasteiger partial charge in [0.15, 0.2) is 0 Å². The number of anilines is 1. The number of nitrogens with one attached hydrogen (secondary N) is 2. The fourth-order valence-electron chi connectivity index (χ4n) is 3.10. The van der Waals surface area contributed by atoms with Crippen LogP contribution in [0.2, 0.25) is 0 Å². The number of carbonyl (C=O) groups is 2. The second-order valence-corrected chi connectivity index (χ2v) is 5.80. The van der Waals surface area contributed by atoms with Gasteiger partial charge in [0.2, 0.25) is 5.91 Å². The molecule has 1 aromatic rings. The smallest absolute Gasteiger partial charge is 0.253 e. The fraction of sp³-hybridized carbons (Fsp3) is 0.500. The van der Waals surface area contributed by atoms with E-state index in [0.29, 0.717) is 18.9 Å². The van der Waals surface area contributed by atoms with Crippen molar-refractivity contribution in [2.24, 2.45) is 0 Å². The number of fused-ring (bicyclic) bond motifs is 1. The molecule has 0 aliphatic carbocycles. The summed E-state index contributed by atoms with van der Waals surface area (Å²) in [7, 11) is 1.94. The molecule has 1 fully saturated rings. The first-order chi connectivity index (χ1) is 10.2. The van der Waals surface area contributed by atoms with E-state index >= 15 is 0 Å². The van der Waals surface area contributed by atoms with Crippen LogP contribution < -0.4 is 10.6 Å². The van der Waals surface area contributed by atoms with E-state index in [0.717, 1.165) is 42.7 Å². The summed E-state index contributed by atoms with van der Waals surface area (Å²) in [5, 5.41) is 6.10. The Morgan fingerprint density at radius 1 is 1.36 bits per heavy atom. The molecule has 2 aliphatic heterocycles. The zero-order valence-electron chi connectivity index (χ0n) is 12.7. The molecule has 2 aliphatic rings. The lowest BCUT2D eigenvalue weighted by Gasteiger charge is -2.32. The number of carbonyl (C=O) groups excluding carboxylic acids is 2. The number of aryl methyl sites for hydroxylation is 1. The molecule has 0 bridgehead atoms. The molecule has 3 rings (SSSR count). The van der Waals surface area contributed by atoms with Crippen molar-refractivity contribution in [3.63, 3.8) is 0 Å². The topological polar surface area (TPSA) is 61.4 Å². The predicted octanol–water partition coefficient (Wildman–Crippen LogP) is 1.82. The second-order valence-electron chi connectivity index (χ2n) is 5.80. The number of piperidine rings is 1. The van der Waals surface area contributed by atoms with Gasteiger partial charge in [-0.25, -0.2) is 0 Å². The van der Waals surface area contributed by atoms with Gasteiger partial charge in [-0.05, 0) is 50.1 Å². The molecule has 120 valence electrons. The summed E-state index contributed by atoms with van der Waals surface area (Å²) in [6, 6.07) is 5.98. The summed E-state index contributed by atoms with van der Waals surface area (Å²) in [6.45, 7) is 1.59.